The summed E-state index contributed by atoms with van der Waals surface area (Å²) in [6, 6.07) is 8.13. The van der Waals surface area contributed by atoms with Gasteiger partial charge < -0.3 is 14.0 Å². The van der Waals surface area contributed by atoms with Gasteiger partial charge in [-0.1, -0.05) is 0 Å². The number of benzene rings is 1. The quantitative estimate of drug-likeness (QED) is 0.515. The topological polar surface area (TPSA) is 62.1 Å². The average Bonchev–Trinajstić information content (AvgIpc) is 3.05. The second kappa shape index (κ2) is 6.96. The number of fused-ring (bicyclic) bond motifs is 1. The second-order valence-corrected chi connectivity index (χ2v) is 6.89. The number of nitrogens with zero attached hydrogens (tertiary/aromatic N) is 4. The first-order valence-corrected chi connectivity index (χ1v) is 9.04. The Kier molecular flexibility index (Phi) is 4.47. The van der Waals surface area contributed by atoms with Crippen molar-refractivity contribution in [3.8, 4) is 28.5 Å². The van der Waals surface area contributed by atoms with Crippen LogP contribution < -0.4 is 9.47 Å². The highest BCUT2D eigenvalue weighted by Crippen LogP contribution is 2.35. The fourth-order valence-corrected chi connectivity index (χ4v) is 3.40. The molecule has 0 aliphatic heterocycles. The molecule has 0 unspecified atom stereocenters. The van der Waals surface area contributed by atoms with Gasteiger partial charge in [0.25, 0.3) is 0 Å². The van der Waals surface area contributed by atoms with Gasteiger partial charge in [-0.2, -0.15) is 4.98 Å². The molecule has 28 heavy (non-hydrogen) atoms. The van der Waals surface area contributed by atoms with E-state index in [1.54, 1.807) is 13.3 Å². The molecule has 0 saturated heterocycles. The highest BCUT2D eigenvalue weighted by molar-refractivity contribution is 5.81. The Labute approximate surface area is 163 Å². The summed E-state index contributed by atoms with van der Waals surface area (Å²) >= 11 is 0. The van der Waals surface area contributed by atoms with Crippen molar-refractivity contribution in [1.29, 1.82) is 0 Å². The lowest BCUT2D eigenvalue weighted by atomic mass is 10.0. The SMILES string of the molecule is COc1cncc(-c2cc(C)c(Oc3nc(C)nc4ccn(C)c34)c(C)c2)c1. The minimum Gasteiger partial charge on any atom is -0.495 e. The molecule has 0 spiro atoms. The van der Waals surface area contributed by atoms with Crippen molar-refractivity contribution in [2.45, 2.75) is 20.8 Å². The van der Waals surface area contributed by atoms with E-state index < -0.39 is 0 Å². The van der Waals surface area contributed by atoms with Crippen LogP contribution in [0.1, 0.15) is 17.0 Å². The molecule has 0 bridgehead atoms. The van der Waals surface area contributed by atoms with Crippen molar-refractivity contribution in [2.75, 3.05) is 7.11 Å². The average molecular weight is 374 g/mol. The van der Waals surface area contributed by atoms with Crippen LogP contribution in [0.15, 0.2) is 42.9 Å². The Morgan fingerprint density at radius 3 is 2.39 bits per heavy atom. The smallest absolute Gasteiger partial charge is 0.247 e. The van der Waals surface area contributed by atoms with Crippen LogP contribution >= 0.6 is 0 Å². The second-order valence-electron chi connectivity index (χ2n) is 6.89. The summed E-state index contributed by atoms with van der Waals surface area (Å²) in [6.07, 6.45) is 5.49. The monoisotopic (exact) mass is 374 g/mol. The lowest BCUT2D eigenvalue weighted by Gasteiger charge is -2.15. The summed E-state index contributed by atoms with van der Waals surface area (Å²) in [5.41, 5.74) is 5.87. The molecule has 6 heteroatoms. The Hall–Kier alpha value is -3.41. The third-order valence-electron chi connectivity index (χ3n) is 4.74. The highest BCUT2D eigenvalue weighted by Gasteiger charge is 2.15. The summed E-state index contributed by atoms with van der Waals surface area (Å²) in [5, 5.41) is 0. The molecule has 4 rings (SSSR count). The van der Waals surface area contributed by atoms with Gasteiger partial charge in [-0.15, -0.1) is 0 Å². The molecular formula is C22H22N4O2. The summed E-state index contributed by atoms with van der Waals surface area (Å²) < 4.78 is 13.6. The minimum absolute atomic E-state index is 0.567. The van der Waals surface area contributed by atoms with Crippen LogP contribution in [0.2, 0.25) is 0 Å². The van der Waals surface area contributed by atoms with E-state index >= 15 is 0 Å². The van der Waals surface area contributed by atoms with Gasteiger partial charge in [0, 0.05) is 25.0 Å². The Bertz CT molecular complexity index is 1160. The van der Waals surface area contributed by atoms with Crippen LogP contribution in [0, 0.1) is 20.8 Å². The number of rotatable bonds is 4. The molecule has 3 heterocycles. The van der Waals surface area contributed by atoms with Crippen molar-refractivity contribution in [2.24, 2.45) is 7.05 Å². The number of hydrogen-bond acceptors (Lipinski definition) is 5. The van der Waals surface area contributed by atoms with Gasteiger partial charge in [0.05, 0.1) is 18.8 Å². The van der Waals surface area contributed by atoms with Gasteiger partial charge in [0.1, 0.15) is 22.8 Å². The number of aryl methyl sites for hydroxylation is 4. The van der Waals surface area contributed by atoms with Gasteiger partial charge in [0.15, 0.2) is 0 Å². The summed E-state index contributed by atoms with van der Waals surface area (Å²) in [6.45, 7) is 5.95. The van der Waals surface area contributed by atoms with Crippen LogP contribution in [-0.4, -0.2) is 26.6 Å². The Balaban J connectivity index is 1.77. The Morgan fingerprint density at radius 2 is 1.68 bits per heavy atom. The predicted octanol–water partition coefficient (Wildman–Crippen LogP) is 4.76. The van der Waals surface area contributed by atoms with Gasteiger partial charge in [-0.25, -0.2) is 4.98 Å². The van der Waals surface area contributed by atoms with Crippen LogP contribution in [0.4, 0.5) is 0 Å². The molecule has 0 radical (unpaired) electrons. The number of pyridine rings is 1. The van der Waals surface area contributed by atoms with E-state index in [4.69, 9.17) is 9.47 Å². The first-order chi connectivity index (χ1) is 13.5. The molecule has 3 aromatic heterocycles. The first kappa shape index (κ1) is 18.0. The summed E-state index contributed by atoms with van der Waals surface area (Å²) in [4.78, 5) is 13.3. The van der Waals surface area contributed by atoms with E-state index in [0.717, 1.165) is 44.8 Å². The number of aromatic nitrogens is 4. The molecule has 0 atom stereocenters. The molecular weight excluding hydrogens is 352 g/mol. The molecule has 6 nitrogen and oxygen atoms in total. The van der Waals surface area contributed by atoms with Crippen LogP contribution in [0.25, 0.3) is 22.2 Å². The number of ether oxygens (including phenoxy) is 2. The number of methoxy groups -OCH3 is 1. The lowest BCUT2D eigenvalue weighted by molar-refractivity contribution is 0.413. The van der Waals surface area contributed by atoms with Gasteiger partial charge in [0.2, 0.25) is 5.88 Å². The van der Waals surface area contributed by atoms with E-state index in [1.165, 1.54) is 0 Å². The van der Waals surface area contributed by atoms with Gasteiger partial charge >= 0.3 is 0 Å². The normalized spacial score (nSPS) is 11.0. The van der Waals surface area contributed by atoms with E-state index in [1.807, 2.05) is 56.9 Å². The standard InChI is InChI=1S/C22H22N4O2/c1-13-8-16(17-10-18(27-5)12-23-11-17)9-14(2)21(13)28-22-20-19(6-7-26(20)4)24-15(3)25-22/h6-12H,1-5H3. The van der Waals surface area contributed by atoms with Crippen molar-refractivity contribution in [3.05, 3.63) is 59.8 Å². The molecule has 0 aliphatic rings. The maximum Gasteiger partial charge on any atom is 0.247 e. The maximum atomic E-state index is 6.30. The van der Waals surface area contributed by atoms with E-state index in [0.29, 0.717) is 11.7 Å². The molecule has 0 fully saturated rings. The van der Waals surface area contributed by atoms with Gasteiger partial charge in [-0.3, -0.25) is 4.98 Å². The van der Waals surface area contributed by atoms with Crippen molar-refractivity contribution < 1.29 is 9.47 Å². The molecule has 0 N–H and O–H groups in total. The predicted molar refractivity (Wildman–Crippen MR) is 109 cm³/mol. The number of hydrogen-bond donors (Lipinski definition) is 0. The van der Waals surface area contributed by atoms with Crippen molar-refractivity contribution in [1.82, 2.24) is 19.5 Å². The maximum absolute atomic E-state index is 6.30. The van der Waals surface area contributed by atoms with Crippen LogP contribution in [0.3, 0.4) is 0 Å². The minimum atomic E-state index is 0.567. The van der Waals surface area contributed by atoms with E-state index in [-0.39, 0.29) is 0 Å². The zero-order chi connectivity index (χ0) is 19.8. The third-order valence-corrected chi connectivity index (χ3v) is 4.74. The third kappa shape index (κ3) is 3.17. The fraction of sp³-hybridized carbons (Fsp3) is 0.227. The van der Waals surface area contributed by atoms with E-state index in [9.17, 15) is 0 Å². The zero-order valence-electron chi connectivity index (χ0n) is 16.6. The lowest BCUT2D eigenvalue weighted by Crippen LogP contribution is -2.00. The van der Waals surface area contributed by atoms with E-state index in [2.05, 4.69) is 27.1 Å². The molecule has 0 saturated carbocycles. The summed E-state index contributed by atoms with van der Waals surface area (Å²) in [7, 11) is 3.61. The first-order valence-electron chi connectivity index (χ1n) is 9.04. The van der Waals surface area contributed by atoms with Crippen LogP contribution in [-0.2, 0) is 7.05 Å². The molecule has 0 amide bonds. The largest absolute Gasteiger partial charge is 0.495 e. The highest BCUT2D eigenvalue weighted by atomic mass is 16.5. The molecule has 0 aliphatic carbocycles. The fourth-order valence-electron chi connectivity index (χ4n) is 3.40. The van der Waals surface area contributed by atoms with Gasteiger partial charge in [-0.05, 0) is 61.7 Å². The summed E-state index contributed by atoms with van der Waals surface area (Å²) in [5.74, 6) is 2.79. The molecule has 4 aromatic rings. The van der Waals surface area contributed by atoms with Crippen LogP contribution in [0.5, 0.6) is 17.4 Å². The van der Waals surface area contributed by atoms with Crippen molar-refractivity contribution >= 4 is 11.0 Å². The Morgan fingerprint density at radius 1 is 0.929 bits per heavy atom. The zero-order valence-corrected chi connectivity index (χ0v) is 16.6. The molecule has 142 valence electrons. The van der Waals surface area contributed by atoms with Crippen molar-refractivity contribution in [3.63, 3.8) is 0 Å². The molecule has 1 aromatic carbocycles.